The molecule has 1 amide bonds. The Morgan fingerprint density at radius 1 is 0.923 bits per heavy atom. The van der Waals surface area contributed by atoms with Crippen molar-refractivity contribution in [3.05, 3.63) is 89.5 Å². The van der Waals surface area contributed by atoms with Crippen molar-refractivity contribution >= 4 is 27.3 Å². The molecule has 2 aliphatic rings. The summed E-state index contributed by atoms with van der Waals surface area (Å²) in [7, 11) is -3.84. The second-order valence-electron chi connectivity index (χ2n) is 11.8. The number of nitrogens with zero attached hydrogens (tertiary/aromatic N) is 3. The number of carbonyl (C=O) groups is 1. The minimum atomic E-state index is -3.84. The Balaban J connectivity index is 1.48. The normalized spacial score (nSPS) is 16.8. The molecule has 2 heterocycles. The molecule has 7 heteroatoms. The lowest BCUT2D eigenvalue weighted by atomic mass is 9.87. The molecule has 6 nitrogen and oxygen atoms in total. The number of anilines is 2. The first-order valence-corrected chi connectivity index (χ1v) is 15.3. The molecule has 3 aromatic carbocycles. The van der Waals surface area contributed by atoms with Crippen molar-refractivity contribution in [3.63, 3.8) is 0 Å². The molecule has 0 N–H and O–H groups in total. The first-order valence-electron chi connectivity index (χ1n) is 13.9. The zero-order valence-corrected chi connectivity index (χ0v) is 24.2. The van der Waals surface area contributed by atoms with E-state index in [0.717, 1.165) is 55.7 Å². The second kappa shape index (κ2) is 10.8. The first-order chi connectivity index (χ1) is 18.5. The van der Waals surface area contributed by atoms with E-state index in [0.29, 0.717) is 17.1 Å². The molecule has 0 saturated carbocycles. The summed E-state index contributed by atoms with van der Waals surface area (Å²) in [5.74, 6) is -0.0210. The van der Waals surface area contributed by atoms with Gasteiger partial charge >= 0.3 is 0 Å². The average Bonchev–Trinajstić information content (AvgIpc) is 3.34. The number of likely N-dealkylation sites (tertiary alicyclic amines) is 1. The van der Waals surface area contributed by atoms with Crippen LogP contribution in [0.5, 0.6) is 0 Å². The number of hydrogen-bond acceptors (Lipinski definition) is 4. The van der Waals surface area contributed by atoms with Crippen LogP contribution < -0.4 is 9.21 Å². The van der Waals surface area contributed by atoms with Gasteiger partial charge in [0.25, 0.3) is 10.0 Å². The van der Waals surface area contributed by atoms with Crippen LogP contribution in [0.1, 0.15) is 57.2 Å². The number of benzene rings is 3. The summed E-state index contributed by atoms with van der Waals surface area (Å²) >= 11 is 0. The fourth-order valence-electron chi connectivity index (χ4n) is 5.77. The molecule has 1 saturated heterocycles. The number of piperidine rings is 1. The minimum Gasteiger partial charge on any atom is -0.312 e. The third kappa shape index (κ3) is 5.75. The molecule has 0 radical (unpaired) electrons. The largest absolute Gasteiger partial charge is 0.312 e. The molecular weight excluding hydrogens is 506 g/mol. The minimum absolute atomic E-state index is 0.0210. The van der Waals surface area contributed by atoms with Crippen molar-refractivity contribution in [1.29, 1.82) is 0 Å². The van der Waals surface area contributed by atoms with Gasteiger partial charge in [0.1, 0.15) is 0 Å². The monoisotopic (exact) mass is 545 g/mol. The summed E-state index contributed by atoms with van der Waals surface area (Å²) in [6, 6.07) is 23.4. The Kier molecular flexibility index (Phi) is 7.57. The molecule has 0 spiro atoms. The van der Waals surface area contributed by atoms with Crippen LogP contribution in [-0.4, -0.2) is 44.9 Å². The Labute approximate surface area is 233 Å². The van der Waals surface area contributed by atoms with Crippen molar-refractivity contribution < 1.29 is 13.2 Å². The summed E-state index contributed by atoms with van der Waals surface area (Å²) in [5, 5.41) is 0. The zero-order valence-electron chi connectivity index (χ0n) is 23.4. The van der Waals surface area contributed by atoms with E-state index in [1.807, 2.05) is 36.4 Å². The topological polar surface area (TPSA) is 60.9 Å². The summed E-state index contributed by atoms with van der Waals surface area (Å²) in [6.45, 7) is 11.1. The van der Waals surface area contributed by atoms with Crippen LogP contribution in [0.2, 0.25) is 0 Å². The summed E-state index contributed by atoms with van der Waals surface area (Å²) < 4.78 is 30.3. The molecular formula is C32H39N3O3S. The van der Waals surface area contributed by atoms with Crippen LogP contribution in [-0.2, 0) is 33.2 Å². The van der Waals surface area contributed by atoms with E-state index >= 15 is 0 Å². The lowest BCUT2D eigenvalue weighted by Gasteiger charge is -2.39. The molecule has 0 aliphatic carbocycles. The number of amides is 1. The SMILES string of the molecule is CC(=O)N1CCc2ccc(N(C3CCN(Cc4ccccc4)CC3)S(=O)(=O)c3ccc(C(C)(C)C)cc3)cc21. The standard InChI is InChI=1S/C32H39N3O3S/c1-24(36)34-21-16-26-10-13-29(22-31(26)34)35(39(37,38)30-14-11-27(12-15-30)32(2,3)4)28-17-19-33(20-18-28)23-25-8-6-5-7-9-25/h5-15,22,28H,16-21,23H2,1-4H3. The van der Waals surface area contributed by atoms with Crippen LogP contribution in [0.4, 0.5) is 11.4 Å². The van der Waals surface area contributed by atoms with Crippen LogP contribution in [0.15, 0.2) is 77.7 Å². The molecule has 3 aromatic rings. The number of rotatable bonds is 6. The predicted octanol–water partition coefficient (Wildman–Crippen LogP) is 5.75. The Bertz CT molecular complexity index is 1420. The summed E-state index contributed by atoms with van der Waals surface area (Å²) in [5.41, 5.74) is 4.83. The lowest BCUT2D eigenvalue weighted by molar-refractivity contribution is -0.116. The highest BCUT2D eigenvalue weighted by Gasteiger charge is 2.35. The Hall–Kier alpha value is -3.16. The highest BCUT2D eigenvalue weighted by molar-refractivity contribution is 7.92. The molecule has 206 valence electrons. The van der Waals surface area contributed by atoms with Crippen LogP contribution in [0, 0.1) is 0 Å². The van der Waals surface area contributed by atoms with Crippen molar-refractivity contribution in [2.45, 2.75) is 69.9 Å². The van der Waals surface area contributed by atoms with Crippen LogP contribution in [0.3, 0.4) is 0 Å². The van der Waals surface area contributed by atoms with E-state index in [1.54, 1.807) is 28.3 Å². The highest BCUT2D eigenvalue weighted by atomic mass is 32.2. The average molecular weight is 546 g/mol. The molecule has 1 fully saturated rings. The first kappa shape index (κ1) is 27.4. The Morgan fingerprint density at radius 3 is 2.21 bits per heavy atom. The Morgan fingerprint density at radius 2 is 1.59 bits per heavy atom. The van der Waals surface area contributed by atoms with Gasteiger partial charge in [-0.1, -0.05) is 69.3 Å². The van der Waals surface area contributed by atoms with Crippen LogP contribution >= 0.6 is 0 Å². The van der Waals surface area contributed by atoms with Gasteiger partial charge in [-0.25, -0.2) is 8.42 Å². The zero-order chi connectivity index (χ0) is 27.8. The van der Waals surface area contributed by atoms with E-state index in [2.05, 4.69) is 49.9 Å². The predicted molar refractivity (Wildman–Crippen MR) is 158 cm³/mol. The summed E-state index contributed by atoms with van der Waals surface area (Å²) in [6.07, 6.45) is 2.26. The third-order valence-corrected chi connectivity index (χ3v) is 9.91. The van der Waals surface area contributed by atoms with Crippen molar-refractivity contribution in [3.8, 4) is 0 Å². The molecule has 0 bridgehead atoms. The fraction of sp³-hybridized carbons (Fsp3) is 0.406. The van der Waals surface area contributed by atoms with Gasteiger partial charge in [-0.3, -0.25) is 14.0 Å². The lowest BCUT2D eigenvalue weighted by Crippen LogP contribution is -2.47. The van der Waals surface area contributed by atoms with Gasteiger partial charge in [0.15, 0.2) is 0 Å². The quantitative estimate of drug-likeness (QED) is 0.396. The van der Waals surface area contributed by atoms with E-state index in [9.17, 15) is 13.2 Å². The van der Waals surface area contributed by atoms with Gasteiger partial charge in [0.05, 0.1) is 10.6 Å². The van der Waals surface area contributed by atoms with E-state index in [4.69, 9.17) is 0 Å². The molecule has 5 rings (SSSR count). The van der Waals surface area contributed by atoms with Crippen molar-refractivity contribution in [1.82, 2.24) is 4.90 Å². The number of carbonyl (C=O) groups excluding carboxylic acids is 1. The van der Waals surface area contributed by atoms with E-state index in [-0.39, 0.29) is 17.4 Å². The maximum absolute atomic E-state index is 14.3. The highest BCUT2D eigenvalue weighted by Crippen LogP contribution is 2.37. The van der Waals surface area contributed by atoms with Gasteiger partial charge in [0.2, 0.25) is 5.91 Å². The van der Waals surface area contributed by atoms with Gasteiger partial charge in [-0.15, -0.1) is 0 Å². The van der Waals surface area contributed by atoms with Gasteiger partial charge in [0, 0.05) is 44.8 Å². The number of hydrogen-bond donors (Lipinski definition) is 0. The van der Waals surface area contributed by atoms with E-state index in [1.165, 1.54) is 5.56 Å². The maximum Gasteiger partial charge on any atom is 0.264 e. The molecule has 0 unspecified atom stereocenters. The molecule has 0 atom stereocenters. The maximum atomic E-state index is 14.3. The second-order valence-corrected chi connectivity index (χ2v) is 13.6. The van der Waals surface area contributed by atoms with Crippen molar-refractivity contribution in [2.24, 2.45) is 0 Å². The fourth-order valence-corrected chi connectivity index (χ4v) is 7.47. The molecule has 39 heavy (non-hydrogen) atoms. The summed E-state index contributed by atoms with van der Waals surface area (Å²) in [4.78, 5) is 16.7. The van der Waals surface area contributed by atoms with Gasteiger partial charge in [-0.2, -0.15) is 0 Å². The van der Waals surface area contributed by atoms with Gasteiger partial charge in [-0.05, 0) is 65.6 Å². The molecule has 0 aromatic heterocycles. The number of sulfonamides is 1. The van der Waals surface area contributed by atoms with Gasteiger partial charge < -0.3 is 4.90 Å². The molecule has 2 aliphatic heterocycles. The number of fused-ring (bicyclic) bond motifs is 1. The van der Waals surface area contributed by atoms with Crippen LogP contribution in [0.25, 0.3) is 0 Å². The smallest absolute Gasteiger partial charge is 0.264 e. The van der Waals surface area contributed by atoms with Crippen molar-refractivity contribution in [2.75, 3.05) is 28.8 Å². The van der Waals surface area contributed by atoms with E-state index < -0.39 is 10.0 Å². The third-order valence-electron chi connectivity index (χ3n) is 8.01.